The minimum atomic E-state index is 0.0280. The zero-order chi connectivity index (χ0) is 18.6. The second-order valence-electron chi connectivity index (χ2n) is 7.65. The summed E-state index contributed by atoms with van der Waals surface area (Å²) in [6, 6.07) is 19.7. The fraction of sp³-hybridized carbons (Fsp3) is 0.435. The predicted molar refractivity (Wildman–Crippen MR) is 111 cm³/mol. The van der Waals surface area contributed by atoms with Gasteiger partial charge in [0.15, 0.2) is 0 Å². The highest BCUT2D eigenvalue weighted by Gasteiger charge is 2.28. The topological polar surface area (TPSA) is 41.0 Å². The Labute approximate surface area is 160 Å². The summed E-state index contributed by atoms with van der Waals surface area (Å²) >= 11 is 0. The lowest BCUT2D eigenvalue weighted by Gasteiger charge is -2.38. The second-order valence-corrected chi connectivity index (χ2v) is 7.65. The highest BCUT2D eigenvalue weighted by molar-refractivity contribution is 5.75. The molecule has 0 aliphatic carbocycles. The molecule has 4 nitrogen and oxygen atoms in total. The van der Waals surface area contributed by atoms with E-state index in [1.165, 1.54) is 24.8 Å². The number of likely N-dealkylation sites (tertiary alicyclic amines) is 1. The van der Waals surface area contributed by atoms with Crippen LogP contribution >= 0.6 is 0 Å². The molecule has 2 heterocycles. The summed E-state index contributed by atoms with van der Waals surface area (Å²) in [6.45, 7) is 4.34. The number of nitrogens with zero attached hydrogens (tertiary/aromatic N) is 2. The van der Waals surface area contributed by atoms with Crippen LogP contribution in [0, 0.1) is 0 Å². The molecule has 3 aromatic rings. The number of imidazole rings is 1. The fourth-order valence-electron chi connectivity index (χ4n) is 4.53. The molecule has 1 aliphatic rings. The van der Waals surface area contributed by atoms with Crippen molar-refractivity contribution in [2.24, 2.45) is 0 Å². The molecule has 1 aliphatic heterocycles. The van der Waals surface area contributed by atoms with Gasteiger partial charge in [-0.15, -0.1) is 0 Å². The maximum atomic E-state index is 12.5. The van der Waals surface area contributed by atoms with Crippen LogP contribution in [0.15, 0.2) is 59.4 Å². The molecule has 2 aromatic carbocycles. The van der Waals surface area contributed by atoms with Crippen LogP contribution in [0.3, 0.4) is 0 Å². The Bertz CT molecular complexity index is 919. The van der Waals surface area contributed by atoms with Crippen molar-refractivity contribution in [3.8, 4) is 0 Å². The Balaban J connectivity index is 1.51. The number of benzene rings is 2. The monoisotopic (exact) mass is 363 g/mol. The molecule has 0 bridgehead atoms. The van der Waals surface area contributed by atoms with Crippen molar-refractivity contribution in [1.82, 2.24) is 14.5 Å². The minimum Gasteiger partial charge on any atom is -0.306 e. The first-order chi connectivity index (χ1) is 13.3. The molecule has 1 fully saturated rings. The number of piperidine rings is 1. The largest absolute Gasteiger partial charge is 0.326 e. The molecule has 1 unspecified atom stereocenters. The van der Waals surface area contributed by atoms with Gasteiger partial charge in [0.25, 0.3) is 0 Å². The number of hydrogen-bond donors (Lipinski definition) is 1. The van der Waals surface area contributed by atoms with E-state index >= 15 is 0 Å². The van der Waals surface area contributed by atoms with Gasteiger partial charge in [-0.25, -0.2) is 4.79 Å². The zero-order valence-electron chi connectivity index (χ0n) is 16.1. The third kappa shape index (κ3) is 3.72. The lowest BCUT2D eigenvalue weighted by molar-refractivity contribution is 0.127. The van der Waals surface area contributed by atoms with Gasteiger partial charge in [0.2, 0.25) is 0 Å². The van der Waals surface area contributed by atoms with E-state index in [0.717, 1.165) is 37.0 Å². The molecule has 4 rings (SSSR count). The number of para-hydroxylation sites is 2. The molecule has 1 saturated heterocycles. The zero-order valence-corrected chi connectivity index (χ0v) is 16.1. The Morgan fingerprint density at radius 3 is 2.48 bits per heavy atom. The van der Waals surface area contributed by atoms with Crippen molar-refractivity contribution in [3.05, 3.63) is 70.6 Å². The standard InChI is InChI=1S/C23H29N3O/c1-2-3-12-21(18-9-5-4-6-10-18)25-16-14-19(15-17-25)26-22-13-8-7-11-20(22)24-23(26)27/h4-11,13,19,21H,2-3,12,14-17H2,1H3,(H,24,27). The van der Waals surface area contributed by atoms with Gasteiger partial charge in [0.1, 0.15) is 0 Å². The molecule has 0 amide bonds. The van der Waals surface area contributed by atoms with E-state index in [1.54, 1.807) is 0 Å². The molecule has 0 saturated carbocycles. The third-order valence-corrected chi connectivity index (χ3v) is 5.94. The molecule has 4 heteroatoms. The summed E-state index contributed by atoms with van der Waals surface area (Å²) in [5, 5.41) is 0. The maximum Gasteiger partial charge on any atom is 0.326 e. The van der Waals surface area contributed by atoms with Crippen LogP contribution in [-0.4, -0.2) is 27.5 Å². The Kier molecular flexibility index (Phi) is 5.44. The number of unbranched alkanes of at least 4 members (excludes halogenated alkanes) is 1. The molecule has 1 aromatic heterocycles. The Hall–Kier alpha value is -2.33. The summed E-state index contributed by atoms with van der Waals surface area (Å²) in [6.07, 6.45) is 5.73. The van der Waals surface area contributed by atoms with E-state index in [9.17, 15) is 4.79 Å². The maximum absolute atomic E-state index is 12.5. The van der Waals surface area contributed by atoms with Crippen LogP contribution in [0.25, 0.3) is 11.0 Å². The van der Waals surface area contributed by atoms with Crippen molar-refractivity contribution in [3.63, 3.8) is 0 Å². The average Bonchev–Trinajstić information content (AvgIpc) is 3.05. The second kappa shape index (κ2) is 8.13. The van der Waals surface area contributed by atoms with Gasteiger partial charge in [-0.1, -0.05) is 62.2 Å². The first-order valence-corrected chi connectivity index (χ1v) is 10.3. The summed E-state index contributed by atoms with van der Waals surface area (Å²) in [4.78, 5) is 18.1. The third-order valence-electron chi connectivity index (χ3n) is 5.94. The number of hydrogen-bond acceptors (Lipinski definition) is 2. The van der Waals surface area contributed by atoms with Crippen molar-refractivity contribution in [2.75, 3.05) is 13.1 Å². The first kappa shape index (κ1) is 18.1. The fourth-order valence-corrected chi connectivity index (χ4v) is 4.53. The van der Waals surface area contributed by atoms with Gasteiger partial charge in [-0.05, 0) is 37.0 Å². The average molecular weight is 364 g/mol. The summed E-state index contributed by atoms with van der Waals surface area (Å²) in [5.74, 6) is 0. The van der Waals surface area contributed by atoms with E-state index < -0.39 is 0 Å². The van der Waals surface area contributed by atoms with Gasteiger partial charge in [0, 0.05) is 25.2 Å². The number of H-pyrrole nitrogens is 1. The van der Waals surface area contributed by atoms with Crippen LogP contribution in [0.5, 0.6) is 0 Å². The molecule has 1 atom stereocenters. The van der Waals surface area contributed by atoms with E-state index in [1.807, 2.05) is 28.8 Å². The normalized spacial score (nSPS) is 17.4. The molecule has 0 spiro atoms. The molecule has 27 heavy (non-hydrogen) atoms. The van der Waals surface area contributed by atoms with E-state index in [-0.39, 0.29) is 11.7 Å². The molecule has 142 valence electrons. The number of fused-ring (bicyclic) bond motifs is 1. The van der Waals surface area contributed by atoms with Gasteiger partial charge >= 0.3 is 5.69 Å². The smallest absolute Gasteiger partial charge is 0.306 e. The SMILES string of the molecule is CCCCC(c1ccccc1)N1CCC(n2c(=O)[nH]c3ccccc32)CC1. The number of aromatic amines is 1. The van der Waals surface area contributed by atoms with Gasteiger partial charge in [-0.2, -0.15) is 0 Å². The first-order valence-electron chi connectivity index (χ1n) is 10.3. The van der Waals surface area contributed by atoms with E-state index in [0.29, 0.717) is 6.04 Å². The number of nitrogens with one attached hydrogen (secondary N) is 1. The van der Waals surface area contributed by atoms with E-state index in [2.05, 4.69) is 47.1 Å². The highest BCUT2D eigenvalue weighted by Crippen LogP contribution is 2.32. The summed E-state index contributed by atoms with van der Waals surface area (Å²) < 4.78 is 1.98. The molecule has 1 N–H and O–H groups in total. The highest BCUT2D eigenvalue weighted by atomic mass is 16.1. The summed E-state index contributed by atoms with van der Waals surface area (Å²) in [5.41, 5.74) is 3.43. The minimum absolute atomic E-state index is 0.0280. The predicted octanol–water partition coefficient (Wildman–Crippen LogP) is 4.90. The summed E-state index contributed by atoms with van der Waals surface area (Å²) in [7, 11) is 0. The van der Waals surface area contributed by atoms with Gasteiger partial charge in [0.05, 0.1) is 11.0 Å². The number of aromatic nitrogens is 2. The number of rotatable bonds is 6. The quantitative estimate of drug-likeness (QED) is 0.677. The van der Waals surface area contributed by atoms with Crippen molar-refractivity contribution < 1.29 is 0 Å². The van der Waals surface area contributed by atoms with Crippen LogP contribution < -0.4 is 5.69 Å². The van der Waals surface area contributed by atoms with E-state index in [4.69, 9.17) is 0 Å². The van der Waals surface area contributed by atoms with Crippen LogP contribution in [0.1, 0.15) is 56.7 Å². The van der Waals surface area contributed by atoms with Crippen LogP contribution in [0.4, 0.5) is 0 Å². The van der Waals surface area contributed by atoms with Gasteiger partial charge < -0.3 is 4.98 Å². The lowest BCUT2D eigenvalue weighted by atomic mass is 9.95. The van der Waals surface area contributed by atoms with Crippen molar-refractivity contribution in [1.29, 1.82) is 0 Å². The van der Waals surface area contributed by atoms with Gasteiger partial charge in [-0.3, -0.25) is 9.47 Å². The van der Waals surface area contributed by atoms with Crippen LogP contribution in [0.2, 0.25) is 0 Å². The van der Waals surface area contributed by atoms with Crippen molar-refractivity contribution >= 4 is 11.0 Å². The Morgan fingerprint density at radius 2 is 1.74 bits per heavy atom. The van der Waals surface area contributed by atoms with Crippen molar-refractivity contribution in [2.45, 2.75) is 51.1 Å². The molecule has 0 radical (unpaired) electrons. The molecular formula is C23H29N3O. The van der Waals surface area contributed by atoms with Crippen LogP contribution in [-0.2, 0) is 0 Å². The molecular weight excluding hydrogens is 334 g/mol. The lowest BCUT2D eigenvalue weighted by Crippen LogP contribution is -2.39. The Morgan fingerprint density at radius 1 is 1.04 bits per heavy atom.